The molecule has 1 saturated heterocycles. The molecule has 19 heavy (non-hydrogen) atoms. The van der Waals surface area contributed by atoms with E-state index in [0.717, 1.165) is 58.2 Å². The van der Waals surface area contributed by atoms with E-state index in [0.29, 0.717) is 6.10 Å². The van der Waals surface area contributed by atoms with Crippen LogP contribution in [0.1, 0.15) is 38.5 Å². The van der Waals surface area contributed by atoms with Gasteiger partial charge in [0.1, 0.15) is 0 Å². The standard InChI is InChI=1S/C14H27N3O2/c1-19-12-5-9-17(10-6-12)8-4-11-3-2-7-14(11,16)13(15)18/h11-12H,2-10,16H2,1H3,(H2,15,18). The van der Waals surface area contributed by atoms with E-state index in [-0.39, 0.29) is 11.8 Å². The third kappa shape index (κ3) is 3.27. The van der Waals surface area contributed by atoms with Crippen LogP contribution in [0.3, 0.4) is 0 Å². The van der Waals surface area contributed by atoms with E-state index in [1.807, 2.05) is 0 Å². The van der Waals surface area contributed by atoms with Gasteiger partial charge in [0.25, 0.3) is 0 Å². The molecule has 5 nitrogen and oxygen atoms in total. The number of rotatable bonds is 5. The summed E-state index contributed by atoms with van der Waals surface area (Å²) >= 11 is 0. The molecule has 2 unspecified atom stereocenters. The van der Waals surface area contributed by atoms with Gasteiger partial charge < -0.3 is 21.1 Å². The van der Waals surface area contributed by atoms with Crippen LogP contribution in [0.15, 0.2) is 0 Å². The maximum Gasteiger partial charge on any atom is 0.237 e. The third-order valence-corrected chi connectivity index (χ3v) is 4.99. The number of carbonyl (C=O) groups excluding carboxylic acids is 1. The fourth-order valence-corrected chi connectivity index (χ4v) is 3.54. The summed E-state index contributed by atoms with van der Waals surface area (Å²) in [6, 6.07) is 0. The summed E-state index contributed by atoms with van der Waals surface area (Å²) in [4.78, 5) is 14.0. The minimum absolute atomic E-state index is 0.255. The third-order valence-electron chi connectivity index (χ3n) is 4.99. The van der Waals surface area contributed by atoms with Gasteiger partial charge in [0, 0.05) is 20.2 Å². The smallest absolute Gasteiger partial charge is 0.237 e. The topological polar surface area (TPSA) is 81.6 Å². The molecule has 1 aliphatic carbocycles. The number of ether oxygens (including phenoxy) is 1. The summed E-state index contributed by atoms with van der Waals surface area (Å²) in [5, 5.41) is 0. The quantitative estimate of drug-likeness (QED) is 0.760. The molecule has 0 radical (unpaired) electrons. The molecule has 0 spiro atoms. The molecule has 1 heterocycles. The lowest BCUT2D eigenvalue weighted by Crippen LogP contribution is -2.55. The molecule has 2 fully saturated rings. The van der Waals surface area contributed by atoms with Gasteiger partial charge >= 0.3 is 0 Å². The Morgan fingerprint density at radius 3 is 2.63 bits per heavy atom. The summed E-state index contributed by atoms with van der Waals surface area (Å²) in [7, 11) is 1.79. The molecule has 1 aliphatic heterocycles. The summed E-state index contributed by atoms with van der Waals surface area (Å²) in [5.41, 5.74) is 10.9. The predicted molar refractivity (Wildman–Crippen MR) is 74.5 cm³/mol. The number of primary amides is 1. The molecule has 0 aromatic rings. The monoisotopic (exact) mass is 269 g/mol. The highest BCUT2D eigenvalue weighted by Gasteiger charge is 2.44. The van der Waals surface area contributed by atoms with Crippen LogP contribution in [0.4, 0.5) is 0 Å². The zero-order chi connectivity index (χ0) is 13.9. The number of likely N-dealkylation sites (tertiary alicyclic amines) is 1. The molecule has 4 N–H and O–H groups in total. The van der Waals surface area contributed by atoms with Gasteiger partial charge in [0.15, 0.2) is 0 Å². The van der Waals surface area contributed by atoms with Crippen LogP contribution >= 0.6 is 0 Å². The molecular formula is C14H27N3O2. The van der Waals surface area contributed by atoms with E-state index in [1.165, 1.54) is 0 Å². The Bertz CT molecular complexity index is 316. The lowest BCUT2D eigenvalue weighted by Gasteiger charge is -2.34. The Morgan fingerprint density at radius 2 is 2.05 bits per heavy atom. The van der Waals surface area contributed by atoms with Crippen molar-refractivity contribution in [1.82, 2.24) is 4.90 Å². The Kier molecular flexibility index (Phi) is 4.81. The van der Waals surface area contributed by atoms with Crippen molar-refractivity contribution in [2.75, 3.05) is 26.7 Å². The van der Waals surface area contributed by atoms with Crippen LogP contribution in [0.2, 0.25) is 0 Å². The van der Waals surface area contributed by atoms with Crippen molar-refractivity contribution in [1.29, 1.82) is 0 Å². The Labute approximate surface area is 115 Å². The van der Waals surface area contributed by atoms with Crippen LogP contribution < -0.4 is 11.5 Å². The Hall–Kier alpha value is -0.650. The maximum atomic E-state index is 11.5. The van der Waals surface area contributed by atoms with Crippen LogP contribution in [0.25, 0.3) is 0 Å². The van der Waals surface area contributed by atoms with Crippen LogP contribution in [0, 0.1) is 5.92 Å². The van der Waals surface area contributed by atoms with E-state index in [4.69, 9.17) is 16.2 Å². The molecule has 1 saturated carbocycles. The van der Waals surface area contributed by atoms with E-state index in [2.05, 4.69) is 4.90 Å². The van der Waals surface area contributed by atoms with Crippen molar-refractivity contribution in [2.45, 2.75) is 50.2 Å². The largest absolute Gasteiger partial charge is 0.381 e. The van der Waals surface area contributed by atoms with Crippen molar-refractivity contribution in [3.63, 3.8) is 0 Å². The molecule has 2 rings (SSSR count). The SMILES string of the molecule is COC1CCN(CCC2CCCC2(N)C(N)=O)CC1. The zero-order valence-electron chi connectivity index (χ0n) is 11.9. The second-order valence-corrected chi connectivity index (χ2v) is 6.06. The van der Waals surface area contributed by atoms with E-state index < -0.39 is 5.54 Å². The highest BCUT2D eigenvalue weighted by Crippen LogP contribution is 2.36. The fourth-order valence-electron chi connectivity index (χ4n) is 3.54. The molecule has 5 heteroatoms. The molecule has 2 aliphatic rings. The number of carbonyl (C=O) groups is 1. The lowest BCUT2D eigenvalue weighted by molar-refractivity contribution is -0.124. The first kappa shape index (κ1) is 14.8. The summed E-state index contributed by atoms with van der Waals surface area (Å²) < 4.78 is 5.37. The van der Waals surface area contributed by atoms with Crippen molar-refractivity contribution in [2.24, 2.45) is 17.4 Å². The first-order valence-corrected chi connectivity index (χ1v) is 7.40. The van der Waals surface area contributed by atoms with Gasteiger partial charge in [-0.25, -0.2) is 0 Å². The van der Waals surface area contributed by atoms with Crippen molar-refractivity contribution in [3.8, 4) is 0 Å². The van der Waals surface area contributed by atoms with Crippen molar-refractivity contribution in [3.05, 3.63) is 0 Å². The number of nitrogens with two attached hydrogens (primary N) is 2. The van der Waals surface area contributed by atoms with Crippen molar-refractivity contribution >= 4 is 5.91 Å². The van der Waals surface area contributed by atoms with E-state index in [1.54, 1.807) is 7.11 Å². The minimum atomic E-state index is -0.759. The number of hydrogen-bond acceptors (Lipinski definition) is 4. The normalized spacial score (nSPS) is 33.7. The second kappa shape index (κ2) is 6.20. The number of nitrogens with zero attached hydrogens (tertiary/aromatic N) is 1. The Morgan fingerprint density at radius 1 is 1.37 bits per heavy atom. The molecule has 110 valence electrons. The first-order chi connectivity index (χ1) is 9.06. The van der Waals surface area contributed by atoms with Gasteiger partial charge in [-0.2, -0.15) is 0 Å². The molecule has 0 aromatic carbocycles. The number of methoxy groups -OCH3 is 1. The molecular weight excluding hydrogens is 242 g/mol. The van der Waals surface area contributed by atoms with Gasteiger partial charge in [0.05, 0.1) is 11.6 Å². The van der Waals surface area contributed by atoms with E-state index in [9.17, 15) is 4.79 Å². The zero-order valence-corrected chi connectivity index (χ0v) is 11.9. The second-order valence-electron chi connectivity index (χ2n) is 6.06. The van der Waals surface area contributed by atoms with Gasteiger partial charge in [0.2, 0.25) is 5.91 Å². The summed E-state index contributed by atoms with van der Waals surface area (Å²) in [5.74, 6) is -0.0711. The molecule has 0 bridgehead atoms. The minimum Gasteiger partial charge on any atom is -0.381 e. The lowest BCUT2D eigenvalue weighted by atomic mass is 9.85. The average molecular weight is 269 g/mol. The van der Waals surface area contributed by atoms with Gasteiger partial charge in [-0.3, -0.25) is 4.79 Å². The van der Waals surface area contributed by atoms with Gasteiger partial charge in [-0.15, -0.1) is 0 Å². The summed E-state index contributed by atoms with van der Waals surface area (Å²) in [6.45, 7) is 3.19. The van der Waals surface area contributed by atoms with Crippen LogP contribution in [-0.2, 0) is 9.53 Å². The number of hydrogen-bond donors (Lipinski definition) is 2. The van der Waals surface area contributed by atoms with Crippen LogP contribution in [0.5, 0.6) is 0 Å². The first-order valence-electron chi connectivity index (χ1n) is 7.40. The number of piperidine rings is 1. The highest BCUT2D eigenvalue weighted by molar-refractivity contribution is 5.85. The number of amides is 1. The van der Waals surface area contributed by atoms with Gasteiger partial charge in [-0.1, -0.05) is 6.42 Å². The fraction of sp³-hybridized carbons (Fsp3) is 0.929. The molecule has 2 atom stereocenters. The van der Waals surface area contributed by atoms with Gasteiger partial charge in [-0.05, 0) is 44.6 Å². The average Bonchev–Trinajstić information content (AvgIpc) is 2.80. The van der Waals surface area contributed by atoms with Crippen LogP contribution in [-0.4, -0.2) is 49.2 Å². The highest BCUT2D eigenvalue weighted by atomic mass is 16.5. The summed E-state index contributed by atoms with van der Waals surface area (Å²) in [6.07, 6.45) is 6.41. The van der Waals surface area contributed by atoms with Crippen molar-refractivity contribution < 1.29 is 9.53 Å². The molecule has 0 aromatic heterocycles. The molecule has 1 amide bonds. The van der Waals surface area contributed by atoms with E-state index >= 15 is 0 Å². The predicted octanol–water partition coefficient (Wildman–Crippen LogP) is 0.470. The Balaban J connectivity index is 1.78. The maximum absolute atomic E-state index is 11.5.